The van der Waals surface area contributed by atoms with Gasteiger partial charge in [0.25, 0.3) is 0 Å². The number of methoxy groups -OCH3 is 2. The molecule has 0 spiro atoms. The van der Waals surface area contributed by atoms with Gasteiger partial charge in [0, 0.05) is 48.2 Å². The SMILES string of the molecule is COC(=O)c1ccc2[nH]c3c(c2c1)CN(C(=O)[C@H]1CCCN1S(=O)(=O)c1ccc(OC)cc1)CC3. The Hall–Kier alpha value is -3.37. The predicted octanol–water partition coefficient (Wildman–Crippen LogP) is 2.70. The summed E-state index contributed by atoms with van der Waals surface area (Å²) in [6.45, 7) is 1.15. The van der Waals surface area contributed by atoms with Gasteiger partial charge < -0.3 is 19.4 Å². The molecule has 1 amide bonds. The van der Waals surface area contributed by atoms with Crippen molar-refractivity contribution >= 4 is 32.8 Å². The highest BCUT2D eigenvalue weighted by atomic mass is 32.2. The Morgan fingerprint density at radius 3 is 2.54 bits per heavy atom. The van der Waals surface area contributed by atoms with E-state index in [-0.39, 0.29) is 10.8 Å². The van der Waals surface area contributed by atoms with Crippen molar-refractivity contribution in [2.45, 2.75) is 36.7 Å². The molecule has 1 saturated heterocycles. The van der Waals surface area contributed by atoms with E-state index in [4.69, 9.17) is 9.47 Å². The molecule has 9 nitrogen and oxygen atoms in total. The summed E-state index contributed by atoms with van der Waals surface area (Å²) in [6, 6.07) is 10.8. The average molecular weight is 498 g/mol. The van der Waals surface area contributed by atoms with Gasteiger partial charge in [0.1, 0.15) is 11.8 Å². The molecule has 1 atom stereocenters. The molecule has 2 aliphatic heterocycles. The molecule has 1 fully saturated rings. The fraction of sp³-hybridized carbons (Fsp3) is 0.360. The van der Waals surface area contributed by atoms with Gasteiger partial charge in [-0.2, -0.15) is 4.31 Å². The number of carbonyl (C=O) groups excluding carboxylic acids is 2. The van der Waals surface area contributed by atoms with Crippen LogP contribution in [0.4, 0.5) is 0 Å². The van der Waals surface area contributed by atoms with Gasteiger partial charge in [-0.25, -0.2) is 13.2 Å². The number of H-pyrrole nitrogens is 1. The maximum Gasteiger partial charge on any atom is 0.337 e. The number of hydrogen-bond acceptors (Lipinski definition) is 6. The lowest BCUT2D eigenvalue weighted by Gasteiger charge is -2.32. The third-order valence-electron chi connectivity index (χ3n) is 6.86. The molecule has 0 bridgehead atoms. The zero-order valence-electron chi connectivity index (χ0n) is 19.6. The quantitative estimate of drug-likeness (QED) is 0.543. The van der Waals surface area contributed by atoms with Crippen LogP contribution in [0.15, 0.2) is 47.4 Å². The summed E-state index contributed by atoms with van der Waals surface area (Å²) < 4.78 is 38.0. The van der Waals surface area contributed by atoms with Crippen molar-refractivity contribution in [2.24, 2.45) is 0 Å². The Balaban J connectivity index is 1.40. The van der Waals surface area contributed by atoms with Gasteiger partial charge >= 0.3 is 5.97 Å². The Kier molecular flexibility index (Phi) is 6.02. The van der Waals surface area contributed by atoms with Crippen LogP contribution in [0.2, 0.25) is 0 Å². The number of fused-ring (bicyclic) bond motifs is 3. The number of rotatable bonds is 5. The molecular formula is C25H27N3O6S. The van der Waals surface area contributed by atoms with Crippen LogP contribution in [-0.4, -0.2) is 67.8 Å². The molecule has 0 aliphatic carbocycles. The van der Waals surface area contributed by atoms with Crippen molar-refractivity contribution in [1.29, 1.82) is 0 Å². The lowest BCUT2D eigenvalue weighted by atomic mass is 10.0. The maximum atomic E-state index is 13.6. The van der Waals surface area contributed by atoms with Gasteiger partial charge in [0.15, 0.2) is 0 Å². The second-order valence-electron chi connectivity index (χ2n) is 8.79. The number of amides is 1. The number of ether oxygens (including phenoxy) is 2. The molecule has 3 heterocycles. The molecule has 2 aromatic carbocycles. The van der Waals surface area contributed by atoms with Crippen molar-refractivity contribution in [1.82, 2.24) is 14.2 Å². The first-order valence-electron chi connectivity index (χ1n) is 11.5. The summed E-state index contributed by atoms with van der Waals surface area (Å²) in [5.41, 5.74) is 3.31. The molecule has 10 heteroatoms. The second-order valence-corrected chi connectivity index (χ2v) is 10.7. The van der Waals surface area contributed by atoms with E-state index in [9.17, 15) is 18.0 Å². The zero-order valence-corrected chi connectivity index (χ0v) is 20.4. The molecule has 0 unspecified atom stereocenters. The predicted molar refractivity (Wildman–Crippen MR) is 129 cm³/mol. The van der Waals surface area contributed by atoms with Crippen LogP contribution in [-0.2, 0) is 32.5 Å². The molecule has 5 rings (SSSR count). The number of nitrogens with one attached hydrogen (secondary N) is 1. The van der Waals surface area contributed by atoms with E-state index in [1.165, 1.54) is 30.7 Å². The molecule has 3 aromatic rings. The Labute approximate surface area is 203 Å². The first-order valence-corrected chi connectivity index (χ1v) is 12.9. The number of benzene rings is 2. The normalized spacial score (nSPS) is 18.5. The fourth-order valence-electron chi connectivity index (χ4n) is 5.02. The number of sulfonamides is 1. The van der Waals surface area contributed by atoms with Gasteiger partial charge in [-0.15, -0.1) is 0 Å². The minimum Gasteiger partial charge on any atom is -0.497 e. The van der Waals surface area contributed by atoms with Crippen LogP contribution in [0, 0.1) is 0 Å². The minimum absolute atomic E-state index is 0.144. The van der Waals surface area contributed by atoms with Crippen LogP contribution in [0.25, 0.3) is 10.9 Å². The summed E-state index contributed by atoms with van der Waals surface area (Å²) >= 11 is 0. The Bertz CT molecular complexity index is 1400. The third kappa shape index (κ3) is 4.06. The molecule has 0 radical (unpaired) electrons. The first-order chi connectivity index (χ1) is 16.8. The third-order valence-corrected chi connectivity index (χ3v) is 8.79. The molecule has 184 valence electrons. The van der Waals surface area contributed by atoms with E-state index in [0.717, 1.165) is 22.2 Å². The van der Waals surface area contributed by atoms with Crippen molar-refractivity contribution in [2.75, 3.05) is 27.3 Å². The van der Waals surface area contributed by atoms with E-state index >= 15 is 0 Å². The van der Waals surface area contributed by atoms with Crippen LogP contribution < -0.4 is 4.74 Å². The average Bonchev–Trinajstić information content (AvgIpc) is 3.52. The molecule has 35 heavy (non-hydrogen) atoms. The fourth-order valence-corrected chi connectivity index (χ4v) is 6.67. The van der Waals surface area contributed by atoms with E-state index in [1.807, 2.05) is 6.07 Å². The lowest BCUT2D eigenvalue weighted by molar-refractivity contribution is -0.135. The standard InChI is InChI=1S/C25H27N3O6S/c1-33-17-6-8-18(9-7-17)35(31,32)28-12-3-4-23(28)24(29)27-13-11-22-20(15-27)19-14-16(25(30)34-2)5-10-21(19)26-22/h5-10,14,23,26H,3-4,11-13,15H2,1-2H3/t23-/m1/s1. The van der Waals surface area contributed by atoms with Gasteiger partial charge in [-0.1, -0.05) is 0 Å². The summed E-state index contributed by atoms with van der Waals surface area (Å²) in [6.07, 6.45) is 1.74. The number of aromatic nitrogens is 1. The van der Waals surface area contributed by atoms with Gasteiger partial charge in [0.2, 0.25) is 15.9 Å². The van der Waals surface area contributed by atoms with Crippen LogP contribution in [0.5, 0.6) is 5.75 Å². The molecule has 1 aromatic heterocycles. The molecule has 0 saturated carbocycles. The topological polar surface area (TPSA) is 109 Å². The summed E-state index contributed by atoms with van der Waals surface area (Å²) in [5, 5.41) is 0.870. The number of carbonyl (C=O) groups is 2. The Morgan fingerprint density at radius 2 is 1.83 bits per heavy atom. The van der Waals surface area contributed by atoms with Crippen molar-refractivity contribution < 1.29 is 27.5 Å². The van der Waals surface area contributed by atoms with Crippen molar-refractivity contribution in [3.63, 3.8) is 0 Å². The van der Waals surface area contributed by atoms with Gasteiger partial charge in [-0.3, -0.25) is 4.79 Å². The maximum absolute atomic E-state index is 13.6. The van der Waals surface area contributed by atoms with Crippen molar-refractivity contribution in [3.05, 3.63) is 59.3 Å². The number of aromatic amines is 1. The van der Waals surface area contributed by atoms with Crippen LogP contribution in [0.1, 0.15) is 34.5 Å². The zero-order chi connectivity index (χ0) is 24.7. The van der Waals surface area contributed by atoms with Crippen LogP contribution >= 0.6 is 0 Å². The number of hydrogen-bond donors (Lipinski definition) is 1. The van der Waals surface area contributed by atoms with Gasteiger partial charge in [-0.05, 0) is 55.3 Å². The lowest BCUT2D eigenvalue weighted by Crippen LogP contribution is -2.48. The smallest absolute Gasteiger partial charge is 0.337 e. The molecule has 1 N–H and O–H groups in total. The van der Waals surface area contributed by atoms with E-state index in [1.54, 1.807) is 29.2 Å². The van der Waals surface area contributed by atoms with E-state index in [2.05, 4.69) is 4.98 Å². The highest BCUT2D eigenvalue weighted by molar-refractivity contribution is 7.89. The summed E-state index contributed by atoms with van der Waals surface area (Å²) in [4.78, 5) is 30.9. The monoisotopic (exact) mass is 497 g/mol. The summed E-state index contributed by atoms with van der Waals surface area (Å²) in [5.74, 6) is -0.0455. The molecule has 2 aliphatic rings. The summed E-state index contributed by atoms with van der Waals surface area (Å²) in [7, 11) is -0.966. The minimum atomic E-state index is -3.83. The van der Waals surface area contributed by atoms with E-state index < -0.39 is 22.0 Å². The van der Waals surface area contributed by atoms with Crippen LogP contribution in [0.3, 0.4) is 0 Å². The number of nitrogens with zero attached hydrogens (tertiary/aromatic N) is 2. The van der Waals surface area contributed by atoms with E-state index in [0.29, 0.717) is 50.2 Å². The van der Waals surface area contributed by atoms with Gasteiger partial charge in [0.05, 0.1) is 24.7 Å². The Morgan fingerprint density at radius 1 is 1.06 bits per heavy atom. The number of esters is 1. The largest absolute Gasteiger partial charge is 0.497 e. The highest BCUT2D eigenvalue weighted by Gasteiger charge is 2.42. The highest BCUT2D eigenvalue weighted by Crippen LogP contribution is 2.32. The second kappa shape index (κ2) is 9.01. The first kappa shape index (κ1) is 23.4. The molecular weight excluding hydrogens is 470 g/mol. The van der Waals surface area contributed by atoms with Crippen molar-refractivity contribution in [3.8, 4) is 5.75 Å².